The van der Waals surface area contributed by atoms with E-state index in [0.717, 1.165) is 23.2 Å². The number of aromatic nitrogens is 3. The van der Waals surface area contributed by atoms with Crippen molar-refractivity contribution in [3.8, 4) is 11.4 Å². The van der Waals surface area contributed by atoms with Crippen molar-refractivity contribution >= 4 is 23.4 Å². The normalized spacial score (nSPS) is 12.0. The number of amides is 1. The van der Waals surface area contributed by atoms with Crippen molar-refractivity contribution < 1.29 is 4.79 Å². The summed E-state index contributed by atoms with van der Waals surface area (Å²) in [5.74, 6) is 7.33. The molecule has 1 amide bonds. The number of carbonyl (C=O) groups excluding carboxylic acids is 1. The number of nitrogen functional groups attached to an aromatic ring is 1. The second kappa shape index (κ2) is 8.93. The number of nitrogens with two attached hydrogens (primary N) is 1. The van der Waals surface area contributed by atoms with Crippen LogP contribution < -0.4 is 11.2 Å². The van der Waals surface area contributed by atoms with Gasteiger partial charge in [-0.25, -0.2) is 4.68 Å². The minimum Gasteiger partial charge on any atom is -0.335 e. The SMILES string of the molecule is CC[C@H](C)c1ccc(NC(=O)CSc2nnc(-c3ccccc3C)n2N)cc1. The minimum atomic E-state index is -0.110. The Morgan fingerprint density at radius 1 is 1.18 bits per heavy atom. The molecule has 1 heterocycles. The first-order valence-corrected chi connectivity index (χ1v) is 10.3. The van der Waals surface area contributed by atoms with E-state index in [1.807, 2.05) is 43.3 Å². The molecule has 0 saturated carbocycles. The van der Waals surface area contributed by atoms with Crippen LogP contribution in [0.3, 0.4) is 0 Å². The maximum absolute atomic E-state index is 12.3. The number of carbonyl (C=O) groups is 1. The maximum Gasteiger partial charge on any atom is 0.234 e. The molecule has 3 N–H and O–H groups in total. The smallest absolute Gasteiger partial charge is 0.234 e. The van der Waals surface area contributed by atoms with E-state index in [0.29, 0.717) is 16.9 Å². The van der Waals surface area contributed by atoms with Gasteiger partial charge in [0.05, 0.1) is 5.75 Å². The molecule has 0 bridgehead atoms. The topological polar surface area (TPSA) is 85.8 Å². The molecule has 0 unspecified atom stereocenters. The van der Waals surface area contributed by atoms with Crippen LogP contribution in [0.5, 0.6) is 0 Å². The molecule has 0 fully saturated rings. The third-order valence-corrected chi connectivity index (χ3v) is 5.70. The number of nitrogens with zero attached hydrogens (tertiary/aromatic N) is 3. The monoisotopic (exact) mass is 395 g/mol. The van der Waals surface area contributed by atoms with E-state index in [-0.39, 0.29) is 11.7 Å². The minimum absolute atomic E-state index is 0.110. The summed E-state index contributed by atoms with van der Waals surface area (Å²) in [6, 6.07) is 15.8. The van der Waals surface area contributed by atoms with Gasteiger partial charge < -0.3 is 11.2 Å². The summed E-state index contributed by atoms with van der Waals surface area (Å²) in [5, 5.41) is 11.7. The molecular formula is C21H25N5OS. The van der Waals surface area contributed by atoms with E-state index in [1.165, 1.54) is 22.0 Å². The third kappa shape index (κ3) is 4.54. The first kappa shape index (κ1) is 19.9. The molecule has 146 valence electrons. The van der Waals surface area contributed by atoms with E-state index in [9.17, 15) is 4.79 Å². The van der Waals surface area contributed by atoms with Gasteiger partial charge in [-0.3, -0.25) is 4.79 Å². The molecule has 0 radical (unpaired) electrons. The van der Waals surface area contributed by atoms with E-state index < -0.39 is 0 Å². The highest BCUT2D eigenvalue weighted by molar-refractivity contribution is 7.99. The Labute approximate surface area is 169 Å². The van der Waals surface area contributed by atoms with E-state index in [1.54, 1.807) is 0 Å². The van der Waals surface area contributed by atoms with Gasteiger partial charge in [-0.05, 0) is 42.5 Å². The molecule has 0 aliphatic rings. The molecule has 0 spiro atoms. The zero-order valence-electron chi connectivity index (χ0n) is 16.3. The van der Waals surface area contributed by atoms with Crippen molar-refractivity contribution in [2.45, 2.75) is 38.3 Å². The first-order chi connectivity index (χ1) is 13.5. The molecule has 0 aliphatic heterocycles. The molecule has 7 heteroatoms. The highest BCUT2D eigenvalue weighted by Gasteiger charge is 2.15. The summed E-state index contributed by atoms with van der Waals surface area (Å²) >= 11 is 1.26. The lowest BCUT2D eigenvalue weighted by Gasteiger charge is -2.10. The lowest BCUT2D eigenvalue weighted by Crippen LogP contribution is -2.16. The number of rotatable bonds is 7. The van der Waals surface area contributed by atoms with Crippen LogP contribution in [0, 0.1) is 6.92 Å². The average molecular weight is 396 g/mol. The summed E-state index contributed by atoms with van der Waals surface area (Å²) in [7, 11) is 0. The number of thioether (sulfide) groups is 1. The Bertz CT molecular complexity index is 952. The van der Waals surface area contributed by atoms with Gasteiger partial charge in [0, 0.05) is 11.3 Å². The Morgan fingerprint density at radius 2 is 1.89 bits per heavy atom. The number of aryl methyl sites for hydroxylation is 1. The molecule has 0 saturated heterocycles. The van der Waals surface area contributed by atoms with Gasteiger partial charge in [0.15, 0.2) is 5.82 Å². The van der Waals surface area contributed by atoms with Crippen LogP contribution in [0.15, 0.2) is 53.7 Å². The summed E-state index contributed by atoms with van der Waals surface area (Å²) in [6.45, 7) is 6.35. The predicted octanol–water partition coefficient (Wildman–Crippen LogP) is 4.21. The fraction of sp³-hybridized carbons (Fsp3) is 0.286. The zero-order chi connectivity index (χ0) is 20.1. The number of anilines is 1. The Morgan fingerprint density at radius 3 is 2.57 bits per heavy atom. The van der Waals surface area contributed by atoms with Crippen molar-refractivity contribution in [3.63, 3.8) is 0 Å². The van der Waals surface area contributed by atoms with Crippen molar-refractivity contribution in [2.75, 3.05) is 16.9 Å². The fourth-order valence-corrected chi connectivity index (χ4v) is 3.50. The van der Waals surface area contributed by atoms with E-state index >= 15 is 0 Å². The van der Waals surface area contributed by atoms with Crippen LogP contribution in [-0.4, -0.2) is 26.5 Å². The molecule has 3 rings (SSSR count). The fourth-order valence-electron chi connectivity index (χ4n) is 2.84. The van der Waals surface area contributed by atoms with Crippen LogP contribution in [0.4, 0.5) is 5.69 Å². The van der Waals surface area contributed by atoms with Crippen molar-refractivity contribution in [2.24, 2.45) is 0 Å². The second-order valence-electron chi connectivity index (χ2n) is 6.76. The largest absolute Gasteiger partial charge is 0.335 e. The van der Waals surface area contributed by atoms with Crippen LogP contribution in [0.25, 0.3) is 11.4 Å². The Hall–Kier alpha value is -2.80. The molecular weight excluding hydrogens is 370 g/mol. The molecule has 28 heavy (non-hydrogen) atoms. The Balaban J connectivity index is 1.60. The molecule has 2 aromatic carbocycles. The summed E-state index contributed by atoms with van der Waals surface area (Å²) in [6.07, 6.45) is 1.09. The van der Waals surface area contributed by atoms with Crippen LogP contribution in [0.1, 0.15) is 37.3 Å². The first-order valence-electron chi connectivity index (χ1n) is 9.28. The molecule has 6 nitrogen and oxygen atoms in total. The number of nitrogens with one attached hydrogen (secondary N) is 1. The van der Waals surface area contributed by atoms with Gasteiger partial charge in [-0.1, -0.05) is 62.0 Å². The van der Waals surface area contributed by atoms with Crippen molar-refractivity contribution in [1.29, 1.82) is 0 Å². The van der Waals surface area contributed by atoms with Crippen LogP contribution in [-0.2, 0) is 4.79 Å². The summed E-state index contributed by atoms with van der Waals surface area (Å²) in [4.78, 5) is 12.3. The van der Waals surface area contributed by atoms with E-state index in [4.69, 9.17) is 5.84 Å². The van der Waals surface area contributed by atoms with Crippen molar-refractivity contribution in [3.05, 3.63) is 59.7 Å². The lowest BCUT2D eigenvalue weighted by molar-refractivity contribution is -0.113. The third-order valence-electron chi connectivity index (χ3n) is 4.76. The number of hydrogen-bond donors (Lipinski definition) is 2. The van der Waals surface area contributed by atoms with Gasteiger partial charge in [-0.15, -0.1) is 10.2 Å². The highest BCUT2D eigenvalue weighted by atomic mass is 32.2. The van der Waals surface area contributed by atoms with Gasteiger partial charge in [0.2, 0.25) is 11.1 Å². The maximum atomic E-state index is 12.3. The Kier molecular flexibility index (Phi) is 6.36. The number of benzene rings is 2. The van der Waals surface area contributed by atoms with Crippen LogP contribution >= 0.6 is 11.8 Å². The second-order valence-corrected chi connectivity index (χ2v) is 7.70. The molecule has 3 aromatic rings. The van der Waals surface area contributed by atoms with Crippen molar-refractivity contribution in [1.82, 2.24) is 14.9 Å². The highest BCUT2D eigenvalue weighted by Crippen LogP contribution is 2.24. The zero-order valence-corrected chi connectivity index (χ0v) is 17.2. The van der Waals surface area contributed by atoms with Gasteiger partial charge >= 0.3 is 0 Å². The van der Waals surface area contributed by atoms with Gasteiger partial charge in [0.25, 0.3) is 0 Å². The summed E-state index contributed by atoms with van der Waals surface area (Å²) in [5.41, 5.74) is 4.05. The summed E-state index contributed by atoms with van der Waals surface area (Å²) < 4.78 is 1.43. The average Bonchev–Trinajstić information content (AvgIpc) is 3.07. The van der Waals surface area contributed by atoms with Crippen LogP contribution in [0.2, 0.25) is 0 Å². The number of hydrogen-bond acceptors (Lipinski definition) is 5. The predicted molar refractivity (Wildman–Crippen MR) is 115 cm³/mol. The molecule has 1 aromatic heterocycles. The lowest BCUT2D eigenvalue weighted by atomic mass is 9.99. The van der Waals surface area contributed by atoms with E-state index in [2.05, 4.69) is 41.5 Å². The quantitative estimate of drug-likeness (QED) is 0.462. The molecule has 1 atom stereocenters. The van der Waals surface area contributed by atoms with Gasteiger partial charge in [0.1, 0.15) is 0 Å². The standard InChI is InChI=1S/C21H25N5OS/c1-4-14(2)16-9-11-17(12-10-16)23-19(27)13-28-21-25-24-20(26(21)22)18-8-6-5-7-15(18)3/h5-12,14H,4,13,22H2,1-3H3,(H,23,27)/t14-/m0/s1. The van der Waals surface area contributed by atoms with Gasteiger partial charge in [-0.2, -0.15) is 0 Å². The molecule has 0 aliphatic carbocycles.